The summed E-state index contributed by atoms with van der Waals surface area (Å²) in [6.45, 7) is 2.02. The van der Waals surface area contributed by atoms with Gasteiger partial charge in [-0.3, -0.25) is 5.10 Å². The standard InChI is InChI=1S/C15H20N4O3S/c1-2-14-16-15(18-17-14)13-8-12(20)9-19(13)23(21,22)10-11-6-4-3-5-7-11/h3-7,12-13,20H,2,8-10H2,1H3,(H,16,17,18)/t12-,13+/m1/s1. The molecule has 1 fully saturated rings. The van der Waals surface area contributed by atoms with Crippen LogP contribution in [0.15, 0.2) is 30.3 Å². The van der Waals surface area contributed by atoms with Gasteiger partial charge in [-0.05, 0) is 12.0 Å². The number of aryl methyl sites for hydroxylation is 1. The van der Waals surface area contributed by atoms with Gasteiger partial charge in [-0.25, -0.2) is 13.4 Å². The van der Waals surface area contributed by atoms with Crippen LogP contribution in [0.2, 0.25) is 0 Å². The molecule has 2 aromatic rings. The Morgan fingerprint density at radius 3 is 2.74 bits per heavy atom. The Morgan fingerprint density at radius 2 is 2.09 bits per heavy atom. The first-order chi connectivity index (χ1) is 11.0. The van der Waals surface area contributed by atoms with Crippen molar-refractivity contribution in [1.29, 1.82) is 0 Å². The van der Waals surface area contributed by atoms with Crippen molar-refractivity contribution in [1.82, 2.24) is 19.5 Å². The maximum absolute atomic E-state index is 12.8. The van der Waals surface area contributed by atoms with E-state index in [9.17, 15) is 13.5 Å². The number of sulfonamides is 1. The molecule has 1 aliphatic rings. The van der Waals surface area contributed by atoms with Crippen LogP contribution >= 0.6 is 0 Å². The molecule has 1 aromatic heterocycles. The first-order valence-electron chi connectivity index (χ1n) is 7.62. The fourth-order valence-electron chi connectivity index (χ4n) is 2.81. The van der Waals surface area contributed by atoms with E-state index in [4.69, 9.17) is 0 Å². The summed E-state index contributed by atoms with van der Waals surface area (Å²) in [5.74, 6) is 1.04. The molecule has 0 saturated carbocycles. The molecule has 1 aliphatic heterocycles. The Kier molecular flexibility index (Phi) is 4.47. The molecule has 23 heavy (non-hydrogen) atoms. The molecule has 0 unspecified atom stereocenters. The van der Waals surface area contributed by atoms with Crippen LogP contribution in [0.25, 0.3) is 0 Å². The van der Waals surface area contributed by atoms with Crippen molar-refractivity contribution in [2.45, 2.75) is 37.7 Å². The zero-order valence-electron chi connectivity index (χ0n) is 12.9. The third kappa shape index (κ3) is 3.44. The molecular weight excluding hydrogens is 316 g/mol. The van der Waals surface area contributed by atoms with E-state index in [1.165, 1.54) is 4.31 Å². The summed E-state index contributed by atoms with van der Waals surface area (Å²) in [4.78, 5) is 4.33. The number of nitrogens with zero attached hydrogens (tertiary/aromatic N) is 3. The number of aliphatic hydroxyl groups excluding tert-OH is 1. The van der Waals surface area contributed by atoms with Crippen molar-refractivity contribution in [3.63, 3.8) is 0 Å². The van der Waals surface area contributed by atoms with Gasteiger partial charge in [-0.15, -0.1) is 0 Å². The van der Waals surface area contributed by atoms with Gasteiger partial charge in [0.05, 0.1) is 17.9 Å². The molecule has 1 aromatic carbocycles. The van der Waals surface area contributed by atoms with Gasteiger partial charge in [-0.2, -0.15) is 9.40 Å². The lowest BCUT2D eigenvalue weighted by molar-refractivity contribution is 0.188. The maximum atomic E-state index is 12.8. The number of aromatic nitrogens is 3. The minimum Gasteiger partial charge on any atom is -0.392 e. The number of rotatable bonds is 5. The Bertz CT molecular complexity index is 760. The second-order valence-corrected chi connectivity index (χ2v) is 7.63. The van der Waals surface area contributed by atoms with Gasteiger partial charge in [0.15, 0.2) is 5.82 Å². The number of aliphatic hydroxyl groups is 1. The number of H-pyrrole nitrogens is 1. The predicted octanol–water partition coefficient (Wildman–Crippen LogP) is 1.00. The average Bonchev–Trinajstić information content (AvgIpc) is 3.14. The summed E-state index contributed by atoms with van der Waals surface area (Å²) in [7, 11) is -3.56. The number of nitrogens with one attached hydrogen (secondary N) is 1. The lowest BCUT2D eigenvalue weighted by Gasteiger charge is -2.21. The second-order valence-electron chi connectivity index (χ2n) is 5.71. The van der Waals surface area contributed by atoms with Gasteiger partial charge >= 0.3 is 0 Å². The molecule has 0 bridgehead atoms. The number of aromatic amines is 1. The second kappa shape index (κ2) is 6.38. The third-order valence-corrected chi connectivity index (χ3v) is 5.78. The van der Waals surface area contributed by atoms with E-state index >= 15 is 0 Å². The summed E-state index contributed by atoms with van der Waals surface area (Å²) in [5, 5.41) is 16.9. The predicted molar refractivity (Wildman–Crippen MR) is 84.9 cm³/mol. The van der Waals surface area contributed by atoms with Crippen LogP contribution in [0.3, 0.4) is 0 Å². The van der Waals surface area contributed by atoms with Crippen LogP contribution in [0.4, 0.5) is 0 Å². The molecule has 0 radical (unpaired) electrons. The summed E-state index contributed by atoms with van der Waals surface area (Å²) >= 11 is 0. The fourth-order valence-corrected chi connectivity index (χ4v) is 4.56. The van der Waals surface area contributed by atoms with E-state index in [2.05, 4.69) is 15.2 Å². The van der Waals surface area contributed by atoms with E-state index < -0.39 is 22.2 Å². The lowest BCUT2D eigenvalue weighted by atomic mass is 10.2. The van der Waals surface area contributed by atoms with Gasteiger partial charge in [-0.1, -0.05) is 37.3 Å². The van der Waals surface area contributed by atoms with Gasteiger partial charge in [0, 0.05) is 13.0 Å². The topological polar surface area (TPSA) is 99.2 Å². The van der Waals surface area contributed by atoms with E-state index in [1.54, 1.807) is 12.1 Å². The van der Waals surface area contributed by atoms with Crippen molar-refractivity contribution in [3.8, 4) is 0 Å². The highest BCUT2D eigenvalue weighted by Gasteiger charge is 2.41. The monoisotopic (exact) mass is 336 g/mol. The molecule has 0 spiro atoms. The molecule has 2 N–H and O–H groups in total. The van der Waals surface area contributed by atoms with Gasteiger partial charge in [0.2, 0.25) is 10.0 Å². The van der Waals surface area contributed by atoms with Crippen LogP contribution < -0.4 is 0 Å². The Hall–Kier alpha value is -1.77. The maximum Gasteiger partial charge on any atom is 0.219 e. The highest BCUT2D eigenvalue weighted by molar-refractivity contribution is 7.88. The van der Waals surface area contributed by atoms with Crippen LogP contribution in [0, 0.1) is 0 Å². The Labute approximate surface area is 135 Å². The lowest BCUT2D eigenvalue weighted by Crippen LogP contribution is -2.33. The minimum absolute atomic E-state index is 0.0792. The highest BCUT2D eigenvalue weighted by Crippen LogP contribution is 2.33. The minimum atomic E-state index is -3.56. The number of hydrogen-bond donors (Lipinski definition) is 2. The molecule has 8 heteroatoms. The summed E-state index contributed by atoms with van der Waals surface area (Å²) < 4.78 is 26.8. The van der Waals surface area contributed by atoms with Crippen LogP contribution in [-0.4, -0.2) is 45.7 Å². The SMILES string of the molecule is CCc1nc([C@@H]2C[C@@H](O)CN2S(=O)(=O)Cc2ccccc2)n[nH]1. The van der Waals surface area contributed by atoms with E-state index in [-0.39, 0.29) is 12.3 Å². The highest BCUT2D eigenvalue weighted by atomic mass is 32.2. The zero-order valence-corrected chi connectivity index (χ0v) is 13.7. The van der Waals surface area contributed by atoms with E-state index in [0.29, 0.717) is 24.5 Å². The molecular formula is C15H20N4O3S. The van der Waals surface area contributed by atoms with E-state index in [1.807, 2.05) is 25.1 Å². The van der Waals surface area contributed by atoms with E-state index in [0.717, 1.165) is 5.56 Å². The average molecular weight is 336 g/mol. The molecule has 124 valence electrons. The summed E-state index contributed by atoms with van der Waals surface area (Å²) in [5.41, 5.74) is 0.719. The number of hydrogen-bond acceptors (Lipinski definition) is 5. The Balaban J connectivity index is 1.86. The number of β-amino-alcohol motifs (C(OH)–C–C–N with tert-alkyl or cyclic N) is 1. The Morgan fingerprint density at radius 1 is 1.35 bits per heavy atom. The zero-order chi connectivity index (χ0) is 16.4. The summed E-state index contributed by atoms with van der Waals surface area (Å²) in [6, 6.07) is 8.50. The largest absolute Gasteiger partial charge is 0.392 e. The molecule has 2 heterocycles. The molecule has 2 atom stereocenters. The molecule has 7 nitrogen and oxygen atoms in total. The van der Waals surface area contributed by atoms with Crippen molar-refractivity contribution >= 4 is 10.0 Å². The quantitative estimate of drug-likeness (QED) is 0.849. The molecule has 0 aliphatic carbocycles. The van der Waals surface area contributed by atoms with Crippen molar-refractivity contribution < 1.29 is 13.5 Å². The van der Waals surface area contributed by atoms with Crippen molar-refractivity contribution in [2.24, 2.45) is 0 Å². The number of benzene rings is 1. The van der Waals surface area contributed by atoms with Crippen molar-refractivity contribution in [2.75, 3.05) is 6.54 Å². The van der Waals surface area contributed by atoms with Crippen LogP contribution in [0.5, 0.6) is 0 Å². The van der Waals surface area contributed by atoms with Crippen LogP contribution in [0.1, 0.15) is 36.6 Å². The third-order valence-electron chi connectivity index (χ3n) is 3.96. The first-order valence-corrected chi connectivity index (χ1v) is 9.23. The fraction of sp³-hybridized carbons (Fsp3) is 0.467. The molecule has 0 amide bonds. The van der Waals surface area contributed by atoms with Crippen LogP contribution in [-0.2, 0) is 22.2 Å². The van der Waals surface area contributed by atoms with Gasteiger partial charge in [0.1, 0.15) is 5.82 Å². The molecule has 1 saturated heterocycles. The van der Waals surface area contributed by atoms with Crippen molar-refractivity contribution in [3.05, 3.63) is 47.5 Å². The first kappa shape index (κ1) is 16.1. The van der Waals surface area contributed by atoms with Gasteiger partial charge < -0.3 is 5.11 Å². The molecule has 3 rings (SSSR count). The van der Waals surface area contributed by atoms with Gasteiger partial charge in [0.25, 0.3) is 0 Å². The smallest absolute Gasteiger partial charge is 0.219 e. The normalized spacial score (nSPS) is 22.5. The summed E-state index contributed by atoms with van der Waals surface area (Å²) in [6.07, 6.45) is 0.308.